The summed E-state index contributed by atoms with van der Waals surface area (Å²) in [4.78, 5) is 27.9. The van der Waals surface area contributed by atoms with Gasteiger partial charge in [0, 0.05) is 38.6 Å². The molecule has 11 heteroatoms. The Morgan fingerprint density at radius 3 is 2.54 bits per heavy atom. The average molecular weight is 663 g/mol. The molecule has 1 aliphatic rings. The molecule has 1 aliphatic carbocycles. The number of nitrogens with one attached hydrogen (secondary N) is 1. The zero-order chi connectivity index (χ0) is 28.8. The molecule has 2 amide bonds. The standard InChI is InChI=1S/C28H43IN2O8/c1-4-5-6-7-8-9-25(34)31(11-13-37-2)22-16-20(28(36)30-10-12-32)17-23(26(22)35)39-27-21(29)14-19(18-33)15-24(27)38-3/h14-15,17,22-23,26,32-33,35H,4-13,16,18H2,1-3H3,(H,30,36). The van der Waals surface area contributed by atoms with Crippen LogP contribution in [0.3, 0.4) is 0 Å². The second-order valence-corrected chi connectivity index (χ2v) is 10.7. The highest BCUT2D eigenvalue weighted by Crippen LogP contribution is 2.37. The maximum absolute atomic E-state index is 13.4. The predicted octanol–water partition coefficient (Wildman–Crippen LogP) is 2.54. The molecule has 3 unspecified atom stereocenters. The number of aliphatic hydroxyl groups is 3. The smallest absolute Gasteiger partial charge is 0.247 e. The largest absolute Gasteiger partial charge is 0.493 e. The van der Waals surface area contributed by atoms with Crippen LogP contribution in [0, 0.1) is 3.57 Å². The maximum atomic E-state index is 13.4. The number of hydrogen-bond acceptors (Lipinski definition) is 8. The molecule has 0 saturated carbocycles. The Bertz CT molecular complexity index is 958. The summed E-state index contributed by atoms with van der Waals surface area (Å²) in [6.45, 7) is 2.36. The minimum absolute atomic E-state index is 0.0767. The summed E-state index contributed by atoms with van der Waals surface area (Å²) in [7, 11) is 3.03. The number of carbonyl (C=O) groups is 2. The molecule has 0 aliphatic heterocycles. The van der Waals surface area contributed by atoms with Crippen molar-refractivity contribution in [3.63, 3.8) is 0 Å². The van der Waals surface area contributed by atoms with Crippen LogP contribution in [-0.2, 0) is 20.9 Å². The number of nitrogens with zero attached hydrogens (tertiary/aromatic N) is 1. The fourth-order valence-electron chi connectivity index (χ4n) is 4.58. The van der Waals surface area contributed by atoms with E-state index in [1.54, 1.807) is 30.2 Å². The number of rotatable bonds is 17. The van der Waals surface area contributed by atoms with Crippen LogP contribution in [-0.4, -0.2) is 90.8 Å². The highest BCUT2D eigenvalue weighted by atomic mass is 127. The number of aliphatic hydroxyl groups excluding tert-OH is 3. The van der Waals surface area contributed by atoms with Crippen molar-refractivity contribution < 1.29 is 39.1 Å². The molecule has 0 heterocycles. The van der Waals surface area contributed by atoms with Crippen molar-refractivity contribution in [1.82, 2.24) is 10.2 Å². The second kappa shape index (κ2) is 17.7. The van der Waals surface area contributed by atoms with Gasteiger partial charge in [0.15, 0.2) is 11.5 Å². The number of methoxy groups -OCH3 is 2. The topological polar surface area (TPSA) is 138 Å². The lowest BCUT2D eigenvalue weighted by Crippen LogP contribution is -2.55. The molecule has 0 spiro atoms. The van der Waals surface area contributed by atoms with Gasteiger partial charge in [0.05, 0.1) is 36.5 Å². The summed E-state index contributed by atoms with van der Waals surface area (Å²) in [5.41, 5.74) is 0.989. The molecule has 0 saturated heterocycles. The number of hydrogen-bond donors (Lipinski definition) is 4. The van der Waals surface area contributed by atoms with E-state index in [0.717, 1.165) is 32.1 Å². The summed E-state index contributed by atoms with van der Waals surface area (Å²) in [5, 5.41) is 32.9. The first-order valence-electron chi connectivity index (χ1n) is 13.5. The minimum Gasteiger partial charge on any atom is -0.493 e. The van der Waals surface area contributed by atoms with E-state index >= 15 is 0 Å². The zero-order valence-electron chi connectivity index (χ0n) is 23.2. The zero-order valence-corrected chi connectivity index (χ0v) is 25.3. The van der Waals surface area contributed by atoms with Crippen molar-refractivity contribution in [2.75, 3.05) is 40.5 Å². The van der Waals surface area contributed by atoms with Crippen LogP contribution >= 0.6 is 22.6 Å². The third kappa shape index (κ3) is 9.89. The Hall–Kier alpha value is -1.93. The molecular weight excluding hydrogens is 619 g/mol. The first-order valence-corrected chi connectivity index (χ1v) is 14.6. The van der Waals surface area contributed by atoms with Gasteiger partial charge in [0.25, 0.3) is 0 Å². The first kappa shape index (κ1) is 33.3. The Morgan fingerprint density at radius 1 is 1.15 bits per heavy atom. The van der Waals surface area contributed by atoms with Gasteiger partial charge < -0.3 is 39.7 Å². The molecule has 10 nitrogen and oxygen atoms in total. The van der Waals surface area contributed by atoms with E-state index in [1.165, 1.54) is 7.11 Å². The number of benzene rings is 1. The highest BCUT2D eigenvalue weighted by molar-refractivity contribution is 14.1. The normalized spacial score (nSPS) is 18.8. The molecule has 0 radical (unpaired) electrons. The quantitative estimate of drug-likeness (QED) is 0.148. The Balaban J connectivity index is 2.39. The van der Waals surface area contributed by atoms with Crippen molar-refractivity contribution in [3.05, 3.63) is 32.9 Å². The van der Waals surface area contributed by atoms with Crippen molar-refractivity contribution >= 4 is 34.4 Å². The molecule has 0 fully saturated rings. The van der Waals surface area contributed by atoms with E-state index in [1.807, 2.05) is 0 Å². The van der Waals surface area contributed by atoms with E-state index in [0.29, 0.717) is 32.6 Å². The third-order valence-corrected chi connectivity index (χ3v) is 7.49. The minimum atomic E-state index is -1.14. The van der Waals surface area contributed by atoms with Gasteiger partial charge in [-0.05, 0) is 52.8 Å². The van der Waals surface area contributed by atoms with Gasteiger partial charge in [-0.2, -0.15) is 0 Å². The summed E-state index contributed by atoms with van der Waals surface area (Å²) < 4.78 is 17.6. The highest BCUT2D eigenvalue weighted by Gasteiger charge is 2.40. The van der Waals surface area contributed by atoms with Crippen LogP contribution in [0.5, 0.6) is 11.5 Å². The van der Waals surface area contributed by atoms with Crippen LogP contribution in [0.1, 0.15) is 57.4 Å². The molecule has 1 aromatic rings. The molecule has 2 rings (SSSR count). The van der Waals surface area contributed by atoms with Crippen molar-refractivity contribution in [1.29, 1.82) is 0 Å². The number of amides is 2. The SMILES string of the molecule is CCCCCCCC(=O)N(CCOC)C1CC(C(=O)NCCO)=CC(Oc2c(I)cc(CO)cc2OC)C1O. The van der Waals surface area contributed by atoms with Gasteiger partial charge in [-0.25, -0.2) is 0 Å². The van der Waals surface area contributed by atoms with Gasteiger partial charge in [0.1, 0.15) is 12.2 Å². The number of halogens is 1. The van der Waals surface area contributed by atoms with Crippen LogP contribution in [0.4, 0.5) is 0 Å². The van der Waals surface area contributed by atoms with E-state index in [4.69, 9.17) is 14.2 Å². The fourth-order valence-corrected chi connectivity index (χ4v) is 5.38. The molecule has 4 N–H and O–H groups in total. The van der Waals surface area contributed by atoms with E-state index < -0.39 is 24.2 Å². The number of carbonyl (C=O) groups excluding carboxylic acids is 2. The maximum Gasteiger partial charge on any atom is 0.247 e. The van der Waals surface area contributed by atoms with Gasteiger partial charge in [-0.3, -0.25) is 9.59 Å². The van der Waals surface area contributed by atoms with Gasteiger partial charge in [-0.15, -0.1) is 0 Å². The van der Waals surface area contributed by atoms with Gasteiger partial charge in [0.2, 0.25) is 11.8 Å². The molecule has 39 heavy (non-hydrogen) atoms. The molecule has 0 bridgehead atoms. The van der Waals surface area contributed by atoms with Crippen LogP contribution < -0.4 is 14.8 Å². The Morgan fingerprint density at radius 2 is 1.90 bits per heavy atom. The Kier molecular flexibility index (Phi) is 15.1. The lowest BCUT2D eigenvalue weighted by molar-refractivity contribution is -0.139. The summed E-state index contributed by atoms with van der Waals surface area (Å²) in [5.74, 6) is 0.227. The molecular formula is C28H43IN2O8. The predicted molar refractivity (Wildman–Crippen MR) is 156 cm³/mol. The summed E-state index contributed by atoms with van der Waals surface area (Å²) in [6.07, 6.45) is 4.92. The molecule has 1 aromatic carbocycles. The van der Waals surface area contributed by atoms with Crippen LogP contribution in [0.15, 0.2) is 23.8 Å². The van der Waals surface area contributed by atoms with E-state index in [-0.39, 0.29) is 45.2 Å². The Labute approximate surface area is 244 Å². The van der Waals surface area contributed by atoms with Crippen LogP contribution in [0.25, 0.3) is 0 Å². The number of unbranched alkanes of at least 4 members (excludes halogenated alkanes) is 4. The van der Waals surface area contributed by atoms with Crippen molar-refractivity contribution in [2.45, 2.75) is 76.7 Å². The lowest BCUT2D eigenvalue weighted by atomic mass is 9.88. The van der Waals surface area contributed by atoms with Crippen LogP contribution in [0.2, 0.25) is 0 Å². The second-order valence-electron chi connectivity index (χ2n) is 9.53. The molecule has 3 atom stereocenters. The lowest BCUT2D eigenvalue weighted by Gasteiger charge is -2.40. The summed E-state index contributed by atoms with van der Waals surface area (Å²) >= 11 is 2.06. The van der Waals surface area contributed by atoms with Gasteiger partial charge in [-0.1, -0.05) is 32.6 Å². The first-order chi connectivity index (χ1) is 18.8. The molecule has 0 aromatic heterocycles. The third-order valence-electron chi connectivity index (χ3n) is 6.69. The fraction of sp³-hybridized carbons (Fsp3) is 0.643. The summed E-state index contributed by atoms with van der Waals surface area (Å²) in [6, 6.07) is 2.67. The average Bonchev–Trinajstić information content (AvgIpc) is 2.93. The van der Waals surface area contributed by atoms with E-state index in [2.05, 4.69) is 34.8 Å². The monoisotopic (exact) mass is 662 g/mol. The van der Waals surface area contributed by atoms with Gasteiger partial charge >= 0.3 is 0 Å². The van der Waals surface area contributed by atoms with Crippen molar-refractivity contribution in [3.8, 4) is 11.5 Å². The number of ether oxygens (including phenoxy) is 3. The molecule has 220 valence electrons. The van der Waals surface area contributed by atoms with E-state index in [9.17, 15) is 24.9 Å². The van der Waals surface area contributed by atoms with Crippen molar-refractivity contribution in [2.24, 2.45) is 0 Å².